The SMILES string of the molecule is S=C(NCC1(c2cccc(Cl)c2)CCOCC1)Nc1nc(N2CCOCC2)cc(N2CCOCC2)n1. The predicted molar refractivity (Wildman–Crippen MR) is 146 cm³/mol. The van der Waals surface area contributed by atoms with Gasteiger partial charge in [0.1, 0.15) is 11.6 Å². The van der Waals surface area contributed by atoms with Gasteiger partial charge in [0, 0.05) is 62.4 Å². The lowest BCUT2D eigenvalue weighted by Gasteiger charge is -2.38. The molecule has 3 fully saturated rings. The quantitative estimate of drug-likeness (QED) is 0.542. The molecule has 1 aromatic carbocycles. The molecule has 0 amide bonds. The van der Waals surface area contributed by atoms with Crippen LogP contribution in [0, 0.1) is 0 Å². The fourth-order valence-corrected chi connectivity index (χ4v) is 5.28. The van der Waals surface area contributed by atoms with Crippen molar-refractivity contribution in [1.29, 1.82) is 0 Å². The summed E-state index contributed by atoms with van der Waals surface area (Å²) in [4.78, 5) is 14.1. The Balaban J connectivity index is 1.31. The molecule has 3 aliphatic heterocycles. The van der Waals surface area contributed by atoms with Gasteiger partial charge in [-0.2, -0.15) is 9.97 Å². The van der Waals surface area contributed by atoms with E-state index in [1.54, 1.807) is 0 Å². The maximum Gasteiger partial charge on any atom is 0.232 e. The summed E-state index contributed by atoms with van der Waals surface area (Å²) in [6.45, 7) is 8.04. The van der Waals surface area contributed by atoms with E-state index in [1.165, 1.54) is 5.56 Å². The van der Waals surface area contributed by atoms with Crippen molar-refractivity contribution in [3.05, 3.63) is 40.9 Å². The first-order valence-corrected chi connectivity index (χ1v) is 13.3. The molecule has 9 nitrogen and oxygen atoms in total. The Kier molecular flexibility index (Phi) is 8.38. The minimum Gasteiger partial charge on any atom is -0.381 e. The van der Waals surface area contributed by atoms with Crippen molar-refractivity contribution in [2.75, 3.05) is 87.5 Å². The number of halogens is 1. The second-order valence-corrected chi connectivity index (χ2v) is 10.2. The van der Waals surface area contributed by atoms with Gasteiger partial charge >= 0.3 is 0 Å². The first-order chi connectivity index (χ1) is 17.6. The number of morpholine rings is 2. The predicted octanol–water partition coefficient (Wildman–Crippen LogP) is 2.84. The van der Waals surface area contributed by atoms with Gasteiger partial charge in [-0.1, -0.05) is 23.7 Å². The van der Waals surface area contributed by atoms with Gasteiger partial charge in [0.05, 0.1) is 26.4 Å². The number of aromatic nitrogens is 2. The first-order valence-electron chi connectivity index (χ1n) is 12.5. The van der Waals surface area contributed by atoms with Crippen LogP contribution in [-0.2, 0) is 19.6 Å². The number of rotatable bonds is 6. The number of thiocarbonyl (C=S) groups is 1. The van der Waals surface area contributed by atoms with Crippen LogP contribution in [0.3, 0.4) is 0 Å². The third-order valence-corrected chi connectivity index (χ3v) is 7.55. The Hall–Kier alpha value is -2.24. The second-order valence-electron chi connectivity index (χ2n) is 9.32. The number of hydrogen-bond donors (Lipinski definition) is 2. The van der Waals surface area contributed by atoms with Crippen LogP contribution in [0.4, 0.5) is 17.6 Å². The molecule has 36 heavy (non-hydrogen) atoms. The standard InChI is InChI=1S/C25H33ClN6O3S/c26-20-3-1-2-19(16-20)25(4-10-33-11-5-25)18-27-24(36)30-23-28-21(31-6-12-34-13-7-31)17-22(29-23)32-8-14-35-15-9-32/h1-3,16-17H,4-15,18H2,(H2,27,28,29,30,36). The van der Waals surface area contributed by atoms with Gasteiger partial charge in [0.2, 0.25) is 5.95 Å². The summed E-state index contributed by atoms with van der Waals surface area (Å²) in [5.41, 5.74) is 1.10. The number of nitrogens with one attached hydrogen (secondary N) is 2. The third kappa shape index (κ3) is 6.18. The highest BCUT2D eigenvalue weighted by Crippen LogP contribution is 2.35. The van der Waals surface area contributed by atoms with E-state index < -0.39 is 0 Å². The van der Waals surface area contributed by atoms with Crippen LogP contribution in [0.2, 0.25) is 5.02 Å². The highest BCUT2D eigenvalue weighted by Gasteiger charge is 2.35. The highest BCUT2D eigenvalue weighted by molar-refractivity contribution is 7.80. The molecule has 0 saturated carbocycles. The topological polar surface area (TPSA) is 84.0 Å². The van der Waals surface area contributed by atoms with Crippen LogP contribution >= 0.6 is 23.8 Å². The molecule has 1 aromatic heterocycles. The lowest BCUT2D eigenvalue weighted by atomic mass is 9.74. The molecule has 0 aliphatic carbocycles. The van der Waals surface area contributed by atoms with Crippen LogP contribution in [0.15, 0.2) is 30.3 Å². The van der Waals surface area contributed by atoms with Gasteiger partial charge in [-0.3, -0.25) is 0 Å². The van der Waals surface area contributed by atoms with Crippen LogP contribution in [-0.4, -0.2) is 87.4 Å². The van der Waals surface area contributed by atoms with Crippen molar-refractivity contribution in [1.82, 2.24) is 15.3 Å². The molecule has 4 heterocycles. The van der Waals surface area contributed by atoms with Crippen molar-refractivity contribution in [3.8, 4) is 0 Å². The average molecular weight is 533 g/mol. The molecule has 0 bridgehead atoms. The summed E-state index contributed by atoms with van der Waals surface area (Å²) in [6.07, 6.45) is 1.79. The number of benzene rings is 1. The monoisotopic (exact) mass is 532 g/mol. The van der Waals surface area contributed by atoms with Crippen LogP contribution < -0.4 is 20.4 Å². The van der Waals surface area contributed by atoms with E-state index in [0.717, 1.165) is 55.7 Å². The molecular weight excluding hydrogens is 500 g/mol. The van der Waals surface area contributed by atoms with E-state index in [0.29, 0.717) is 57.2 Å². The summed E-state index contributed by atoms with van der Waals surface area (Å²) in [5, 5.41) is 7.91. The summed E-state index contributed by atoms with van der Waals surface area (Å²) < 4.78 is 16.7. The summed E-state index contributed by atoms with van der Waals surface area (Å²) >= 11 is 12.0. The van der Waals surface area contributed by atoms with E-state index in [1.807, 2.05) is 12.1 Å². The maximum absolute atomic E-state index is 6.32. The zero-order valence-corrected chi connectivity index (χ0v) is 22.0. The zero-order valence-electron chi connectivity index (χ0n) is 20.4. The first kappa shape index (κ1) is 25.4. The third-order valence-electron chi connectivity index (χ3n) is 7.07. The molecule has 5 rings (SSSR count). The molecular formula is C25H33ClN6O3S. The van der Waals surface area contributed by atoms with E-state index in [9.17, 15) is 0 Å². The van der Waals surface area contributed by atoms with Gasteiger partial charge in [0.15, 0.2) is 5.11 Å². The molecule has 0 unspecified atom stereocenters. The average Bonchev–Trinajstić information content (AvgIpc) is 2.93. The number of ether oxygens (including phenoxy) is 3. The molecule has 2 aromatic rings. The molecule has 2 N–H and O–H groups in total. The normalized spacial score (nSPS) is 20.1. The molecule has 0 atom stereocenters. The van der Waals surface area contributed by atoms with Gasteiger partial charge in [-0.15, -0.1) is 0 Å². The van der Waals surface area contributed by atoms with Gasteiger partial charge in [-0.25, -0.2) is 0 Å². The number of nitrogens with zero attached hydrogens (tertiary/aromatic N) is 4. The largest absolute Gasteiger partial charge is 0.381 e. The van der Waals surface area contributed by atoms with E-state index in [4.69, 9.17) is 48.0 Å². The Labute approximate surface area is 222 Å². The zero-order chi connectivity index (χ0) is 24.8. The van der Waals surface area contributed by atoms with Crippen molar-refractivity contribution in [3.63, 3.8) is 0 Å². The number of hydrogen-bond acceptors (Lipinski definition) is 8. The van der Waals surface area contributed by atoms with Crippen LogP contribution in [0.1, 0.15) is 18.4 Å². The highest BCUT2D eigenvalue weighted by atomic mass is 35.5. The van der Waals surface area contributed by atoms with E-state index >= 15 is 0 Å². The van der Waals surface area contributed by atoms with E-state index in [2.05, 4.69) is 38.6 Å². The van der Waals surface area contributed by atoms with Gasteiger partial charge in [-0.05, 0) is 42.8 Å². The lowest BCUT2D eigenvalue weighted by Crippen LogP contribution is -2.45. The second kappa shape index (κ2) is 11.9. The molecule has 3 aliphatic rings. The minimum absolute atomic E-state index is 0.107. The maximum atomic E-state index is 6.32. The Morgan fingerprint density at radius 2 is 1.47 bits per heavy atom. The minimum atomic E-state index is -0.107. The fraction of sp³-hybridized carbons (Fsp3) is 0.560. The summed E-state index contributed by atoms with van der Waals surface area (Å²) in [6, 6.07) is 10.1. The molecule has 11 heteroatoms. The Morgan fingerprint density at radius 1 is 0.889 bits per heavy atom. The van der Waals surface area contributed by atoms with Gasteiger partial charge < -0.3 is 34.6 Å². The van der Waals surface area contributed by atoms with E-state index in [-0.39, 0.29) is 5.41 Å². The lowest BCUT2D eigenvalue weighted by molar-refractivity contribution is 0.0515. The molecule has 3 saturated heterocycles. The number of anilines is 3. The summed E-state index contributed by atoms with van der Waals surface area (Å²) in [5.74, 6) is 2.24. The molecule has 194 valence electrons. The fourth-order valence-electron chi connectivity index (χ4n) is 4.93. The van der Waals surface area contributed by atoms with Gasteiger partial charge in [0.25, 0.3) is 0 Å². The molecule has 0 spiro atoms. The molecule has 0 radical (unpaired) electrons. The van der Waals surface area contributed by atoms with Crippen LogP contribution in [0.25, 0.3) is 0 Å². The summed E-state index contributed by atoms with van der Waals surface area (Å²) in [7, 11) is 0. The Morgan fingerprint density at radius 3 is 2.06 bits per heavy atom. The smallest absolute Gasteiger partial charge is 0.232 e. The van der Waals surface area contributed by atoms with Crippen LogP contribution in [0.5, 0.6) is 0 Å². The van der Waals surface area contributed by atoms with Crippen molar-refractivity contribution in [2.24, 2.45) is 0 Å². The van der Waals surface area contributed by atoms with Crippen molar-refractivity contribution in [2.45, 2.75) is 18.3 Å². The van der Waals surface area contributed by atoms with Crippen molar-refractivity contribution >= 4 is 46.5 Å². The van der Waals surface area contributed by atoms with Crippen molar-refractivity contribution < 1.29 is 14.2 Å². The Bertz CT molecular complexity index is 1010.